The largest absolute Gasteiger partial charge is 0.339 e. The predicted molar refractivity (Wildman–Crippen MR) is 108 cm³/mol. The van der Waals surface area contributed by atoms with Crippen LogP contribution in [0.3, 0.4) is 0 Å². The number of nitrogens with zero attached hydrogens (tertiary/aromatic N) is 6. The van der Waals surface area contributed by atoms with Crippen molar-refractivity contribution in [3.05, 3.63) is 18.5 Å². The Bertz CT molecular complexity index is 565. The van der Waals surface area contributed by atoms with Crippen LogP contribution in [-0.2, 0) is 4.79 Å². The lowest BCUT2D eigenvalue weighted by atomic mass is 9.93. The van der Waals surface area contributed by atoms with Gasteiger partial charge in [-0.05, 0) is 65.0 Å². The average molecular weight is 375 g/mol. The Morgan fingerprint density at radius 1 is 1.07 bits per heavy atom. The molecule has 2 aliphatic rings. The number of likely N-dealkylation sites (tertiary alicyclic amines) is 1. The first-order chi connectivity index (χ1) is 13.1. The topological polar surface area (TPSA) is 55.8 Å². The first-order valence-electron chi connectivity index (χ1n) is 10.3. The lowest BCUT2D eigenvalue weighted by molar-refractivity contribution is -0.131. The molecule has 2 saturated heterocycles. The highest BCUT2D eigenvalue weighted by Gasteiger charge is 2.24. The minimum atomic E-state index is 0.290. The minimum absolute atomic E-state index is 0.290. The van der Waals surface area contributed by atoms with Gasteiger partial charge in [-0.3, -0.25) is 4.79 Å². The highest BCUT2D eigenvalue weighted by molar-refractivity contribution is 5.76. The molecule has 3 heterocycles. The lowest BCUT2D eigenvalue weighted by Crippen LogP contribution is -2.49. The van der Waals surface area contributed by atoms with Crippen molar-refractivity contribution in [3.63, 3.8) is 0 Å². The van der Waals surface area contributed by atoms with Gasteiger partial charge in [-0.25, -0.2) is 9.97 Å². The van der Waals surface area contributed by atoms with Crippen molar-refractivity contribution in [1.29, 1.82) is 0 Å². The number of amides is 1. The Kier molecular flexibility index (Phi) is 7.41. The maximum Gasteiger partial charge on any atom is 0.225 e. The second kappa shape index (κ2) is 9.99. The molecule has 2 aliphatic heterocycles. The fourth-order valence-corrected chi connectivity index (χ4v) is 3.96. The summed E-state index contributed by atoms with van der Waals surface area (Å²) in [6, 6.07) is 1.83. The van der Waals surface area contributed by atoms with E-state index in [9.17, 15) is 4.79 Å². The van der Waals surface area contributed by atoms with Crippen LogP contribution in [0.25, 0.3) is 0 Å². The number of carbonyl (C=O) groups excluding carboxylic acids is 1. The molecule has 3 rings (SSSR count). The average Bonchev–Trinajstić information content (AvgIpc) is 2.72. The molecule has 0 aliphatic carbocycles. The van der Waals surface area contributed by atoms with Crippen LogP contribution in [0.1, 0.15) is 25.7 Å². The van der Waals surface area contributed by atoms with Crippen LogP contribution < -0.4 is 4.90 Å². The van der Waals surface area contributed by atoms with Gasteiger partial charge >= 0.3 is 0 Å². The number of rotatable bonds is 7. The molecule has 0 saturated carbocycles. The van der Waals surface area contributed by atoms with Crippen molar-refractivity contribution in [2.24, 2.45) is 5.92 Å². The molecule has 0 bridgehead atoms. The second-order valence-corrected chi connectivity index (χ2v) is 8.04. The SMILES string of the molecule is CN(C)CCC1CCN(CCC(=O)N2CCN(c3ncccn3)CC2)CC1. The summed E-state index contributed by atoms with van der Waals surface area (Å²) in [4.78, 5) is 30.1. The second-order valence-electron chi connectivity index (χ2n) is 8.04. The Morgan fingerprint density at radius 3 is 2.37 bits per heavy atom. The summed E-state index contributed by atoms with van der Waals surface area (Å²) in [5.41, 5.74) is 0. The highest BCUT2D eigenvalue weighted by Crippen LogP contribution is 2.21. The molecular weight excluding hydrogens is 340 g/mol. The van der Waals surface area contributed by atoms with Gasteiger partial charge in [-0.15, -0.1) is 0 Å². The third kappa shape index (κ3) is 6.14. The van der Waals surface area contributed by atoms with E-state index in [1.807, 2.05) is 11.0 Å². The number of piperidine rings is 1. The number of piperazine rings is 1. The van der Waals surface area contributed by atoms with Crippen molar-refractivity contribution < 1.29 is 4.79 Å². The van der Waals surface area contributed by atoms with Crippen LogP contribution in [0.5, 0.6) is 0 Å². The van der Waals surface area contributed by atoms with E-state index in [0.717, 1.165) is 57.7 Å². The van der Waals surface area contributed by atoms with Crippen molar-refractivity contribution >= 4 is 11.9 Å². The molecule has 7 nitrogen and oxygen atoms in total. The maximum atomic E-state index is 12.6. The van der Waals surface area contributed by atoms with E-state index in [1.54, 1.807) is 12.4 Å². The van der Waals surface area contributed by atoms with Crippen molar-refractivity contribution in [2.45, 2.75) is 25.7 Å². The van der Waals surface area contributed by atoms with Crippen molar-refractivity contribution in [3.8, 4) is 0 Å². The summed E-state index contributed by atoms with van der Waals surface area (Å²) in [6.45, 7) is 7.53. The van der Waals surface area contributed by atoms with E-state index in [0.29, 0.717) is 12.3 Å². The Balaban J connectivity index is 1.32. The van der Waals surface area contributed by atoms with Crippen LogP contribution in [0, 0.1) is 5.92 Å². The first-order valence-corrected chi connectivity index (χ1v) is 10.3. The van der Waals surface area contributed by atoms with Gasteiger partial charge in [0.25, 0.3) is 0 Å². The molecule has 1 aromatic rings. The van der Waals surface area contributed by atoms with Crippen LogP contribution in [0.4, 0.5) is 5.95 Å². The molecule has 0 atom stereocenters. The fraction of sp³-hybridized carbons (Fsp3) is 0.750. The van der Waals surface area contributed by atoms with E-state index < -0.39 is 0 Å². The van der Waals surface area contributed by atoms with Gasteiger partial charge in [-0.1, -0.05) is 0 Å². The zero-order valence-corrected chi connectivity index (χ0v) is 16.9. The summed E-state index contributed by atoms with van der Waals surface area (Å²) >= 11 is 0. The molecule has 0 unspecified atom stereocenters. The standard InChI is InChI=1S/C20H34N6O/c1-23(2)10-4-18-5-11-24(12-6-18)13-7-19(27)25-14-16-26(17-15-25)20-21-8-3-9-22-20/h3,8-9,18H,4-7,10-17H2,1-2H3. The van der Waals surface area contributed by atoms with E-state index in [1.165, 1.54) is 25.8 Å². The quantitative estimate of drug-likeness (QED) is 0.714. The van der Waals surface area contributed by atoms with Gasteiger partial charge in [-0.2, -0.15) is 0 Å². The van der Waals surface area contributed by atoms with Crippen LogP contribution in [-0.4, -0.2) is 97.0 Å². The van der Waals surface area contributed by atoms with Gasteiger partial charge in [0.15, 0.2) is 0 Å². The molecule has 0 aromatic carbocycles. The molecule has 2 fully saturated rings. The summed E-state index contributed by atoms with van der Waals surface area (Å²) < 4.78 is 0. The van der Waals surface area contributed by atoms with Crippen LogP contribution >= 0.6 is 0 Å². The maximum absolute atomic E-state index is 12.6. The van der Waals surface area contributed by atoms with Crippen molar-refractivity contribution in [1.82, 2.24) is 24.7 Å². The number of hydrogen-bond acceptors (Lipinski definition) is 6. The Morgan fingerprint density at radius 2 is 1.74 bits per heavy atom. The van der Waals surface area contributed by atoms with E-state index in [4.69, 9.17) is 0 Å². The van der Waals surface area contributed by atoms with Crippen LogP contribution in [0.2, 0.25) is 0 Å². The molecule has 1 aromatic heterocycles. The number of aromatic nitrogens is 2. The van der Waals surface area contributed by atoms with Gasteiger partial charge in [0.2, 0.25) is 11.9 Å². The lowest BCUT2D eigenvalue weighted by Gasteiger charge is -2.36. The minimum Gasteiger partial charge on any atom is -0.339 e. The zero-order valence-electron chi connectivity index (χ0n) is 16.9. The van der Waals surface area contributed by atoms with Gasteiger partial charge in [0.1, 0.15) is 0 Å². The summed E-state index contributed by atoms with van der Waals surface area (Å²) in [7, 11) is 4.29. The molecule has 7 heteroatoms. The van der Waals surface area contributed by atoms with Crippen LogP contribution in [0.15, 0.2) is 18.5 Å². The van der Waals surface area contributed by atoms with E-state index in [2.05, 4.69) is 38.8 Å². The fourth-order valence-electron chi connectivity index (χ4n) is 3.96. The monoisotopic (exact) mass is 374 g/mol. The first kappa shape index (κ1) is 20.0. The van der Waals surface area contributed by atoms with E-state index >= 15 is 0 Å². The van der Waals surface area contributed by atoms with Gasteiger partial charge < -0.3 is 19.6 Å². The normalized spacial score (nSPS) is 19.7. The molecule has 0 N–H and O–H groups in total. The number of hydrogen-bond donors (Lipinski definition) is 0. The molecular formula is C20H34N6O. The third-order valence-corrected chi connectivity index (χ3v) is 5.80. The van der Waals surface area contributed by atoms with Crippen molar-refractivity contribution in [2.75, 3.05) is 71.4 Å². The summed E-state index contributed by atoms with van der Waals surface area (Å²) in [6.07, 6.45) is 8.03. The third-order valence-electron chi connectivity index (χ3n) is 5.80. The molecule has 0 radical (unpaired) electrons. The zero-order chi connectivity index (χ0) is 19.1. The molecule has 27 heavy (non-hydrogen) atoms. The Labute approximate surface area is 163 Å². The number of carbonyl (C=O) groups is 1. The van der Waals surface area contributed by atoms with Gasteiger partial charge in [0, 0.05) is 51.5 Å². The molecule has 0 spiro atoms. The number of anilines is 1. The summed E-state index contributed by atoms with van der Waals surface area (Å²) in [5, 5.41) is 0. The molecule has 150 valence electrons. The van der Waals surface area contributed by atoms with E-state index in [-0.39, 0.29) is 0 Å². The molecule has 1 amide bonds. The highest BCUT2D eigenvalue weighted by atomic mass is 16.2. The Hall–Kier alpha value is -1.73. The smallest absolute Gasteiger partial charge is 0.225 e. The van der Waals surface area contributed by atoms with Gasteiger partial charge in [0.05, 0.1) is 0 Å². The predicted octanol–water partition coefficient (Wildman–Crippen LogP) is 1.18. The summed E-state index contributed by atoms with van der Waals surface area (Å²) in [5.74, 6) is 1.91.